The van der Waals surface area contributed by atoms with Crippen LogP contribution in [-0.2, 0) is 6.42 Å². The van der Waals surface area contributed by atoms with E-state index >= 15 is 0 Å². The van der Waals surface area contributed by atoms with Crippen molar-refractivity contribution in [3.05, 3.63) is 29.8 Å². The number of benzene rings is 1. The Labute approximate surface area is 124 Å². The van der Waals surface area contributed by atoms with Crippen LogP contribution in [0, 0.1) is 0 Å². The van der Waals surface area contributed by atoms with Gasteiger partial charge in [-0.1, -0.05) is 18.2 Å². The highest BCUT2D eigenvalue weighted by Crippen LogP contribution is 2.32. The van der Waals surface area contributed by atoms with Crippen LogP contribution >= 0.6 is 0 Å². The van der Waals surface area contributed by atoms with Crippen molar-refractivity contribution in [1.82, 2.24) is 15.0 Å². The molecule has 0 amide bonds. The number of aromatic nitrogens is 3. The molecular formula is C15H20N6. The average Bonchev–Trinajstić information content (AvgIpc) is 2.91. The summed E-state index contributed by atoms with van der Waals surface area (Å²) in [7, 11) is 3.87. The summed E-state index contributed by atoms with van der Waals surface area (Å²) in [5, 5.41) is 3.18. The number of rotatable bonds is 4. The monoisotopic (exact) mass is 284 g/mol. The molecule has 0 radical (unpaired) electrons. The fraction of sp³-hybridized carbons (Fsp3) is 0.400. The van der Waals surface area contributed by atoms with Crippen LogP contribution in [0.4, 0.5) is 23.5 Å². The van der Waals surface area contributed by atoms with Gasteiger partial charge in [0.25, 0.3) is 0 Å². The molecule has 0 atom stereocenters. The molecule has 1 N–H and O–H groups in total. The summed E-state index contributed by atoms with van der Waals surface area (Å²) in [6.45, 7) is 3.72. The maximum Gasteiger partial charge on any atom is 0.236 e. The van der Waals surface area contributed by atoms with E-state index in [-0.39, 0.29) is 0 Å². The summed E-state index contributed by atoms with van der Waals surface area (Å²) in [6.07, 6.45) is 1.02. The molecule has 1 aromatic heterocycles. The Kier molecular flexibility index (Phi) is 3.60. The highest BCUT2D eigenvalue weighted by molar-refractivity contribution is 5.66. The van der Waals surface area contributed by atoms with Crippen LogP contribution in [-0.4, -0.2) is 42.1 Å². The van der Waals surface area contributed by atoms with Crippen LogP contribution in [0.1, 0.15) is 12.5 Å². The Morgan fingerprint density at radius 2 is 2.00 bits per heavy atom. The molecule has 0 bridgehead atoms. The van der Waals surface area contributed by atoms with Crippen molar-refractivity contribution in [2.24, 2.45) is 0 Å². The van der Waals surface area contributed by atoms with Gasteiger partial charge in [-0.3, -0.25) is 0 Å². The van der Waals surface area contributed by atoms with Crippen molar-refractivity contribution in [3.63, 3.8) is 0 Å². The predicted molar refractivity (Wildman–Crippen MR) is 85.5 cm³/mol. The van der Waals surface area contributed by atoms with Crippen LogP contribution in [0.2, 0.25) is 0 Å². The molecule has 110 valence electrons. The Hall–Kier alpha value is -2.37. The summed E-state index contributed by atoms with van der Waals surface area (Å²) < 4.78 is 0. The highest BCUT2D eigenvalue weighted by atomic mass is 15.4. The molecule has 3 rings (SSSR count). The first-order chi connectivity index (χ1) is 10.2. The zero-order valence-electron chi connectivity index (χ0n) is 12.7. The summed E-state index contributed by atoms with van der Waals surface area (Å²) in [5.74, 6) is 1.99. The standard InChI is InChI=1S/C15H20N6/c1-4-16-13-17-14(20(2)3)19-15(18-13)21-10-9-11-7-5-6-8-12(11)21/h5-8H,4,9-10H2,1-3H3,(H,16,17,18,19). The van der Waals surface area contributed by atoms with Gasteiger partial charge in [0.1, 0.15) is 0 Å². The number of nitrogens with one attached hydrogen (secondary N) is 1. The van der Waals surface area contributed by atoms with Gasteiger partial charge in [0.15, 0.2) is 0 Å². The molecule has 0 saturated heterocycles. The van der Waals surface area contributed by atoms with E-state index < -0.39 is 0 Å². The van der Waals surface area contributed by atoms with Crippen LogP contribution in [0.5, 0.6) is 0 Å². The van der Waals surface area contributed by atoms with E-state index in [9.17, 15) is 0 Å². The molecule has 0 saturated carbocycles. The SMILES string of the molecule is CCNc1nc(N(C)C)nc(N2CCc3ccccc32)n1. The lowest BCUT2D eigenvalue weighted by Crippen LogP contribution is -2.21. The Balaban J connectivity index is 2.02. The van der Waals surface area contributed by atoms with Gasteiger partial charge in [-0.15, -0.1) is 0 Å². The van der Waals surface area contributed by atoms with E-state index in [0.717, 1.165) is 19.5 Å². The third-order valence-electron chi connectivity index (χ3n) is 3.48. The average molecular weight is 284 g/mol. The topological polar surface area (TPSA) is 57.2 Å². The van der Waals surface area contributed by atoms with Gasteiger partial charge in [-0.25, -0.2) is 0 Å². The Bertz CT molecular complexity index is 640. The van der Waals surface area contributed by atoms with Crippen molar-refractivity contribution in [3.8, 4) is 0 Å². The smallest absolute Gasteiger partial charge is 0.236 e. The summed E-state index contributed by atoms with van der Waals surface area (Å²) in [4.78, 5) is 17.6. The van der Waals surface area contributed by atoms with Crippen molar-refractivity contribution >= 4 is 23.5 Å². The van der Waals surface area contributed by atoms with Crippen LogP contribution < -0.4 is 15.1 Å². The molecule has 1 aliphatic heterocycles. The second kappa shape index (κ2) is 5.55. The van der Waals surface area contributed by atoms with E-state index in [0.29, 0.717) is 17.8 Å². The fourth-order valence-corrected chi connectivity index (χ4v) is 2.46. The number of nitrogens with zero attached hydrogens (tertiary/aromatic N) is 5. The molecular weight excluding hydrogens is 264 g/mol. The number of para-hydroxylation sites is 1. The molecule has 0 unspecified atom stereocenters. The van der Waals surface area contributed by atoms with Gasteiger partial charge in [-0.05, 0) is 25.0 Å². The van der Waals surface area contributed by atoms with Crippen LogP contribution in [0.25, 0.3) is 0 Å². The Morgan fingerprint density at radius 3 is 2.76 bits per heavy atom. The summed E-state index contributed by atoms with van der Waals surface area (Å²) in [6, 6.07) is 8.41. The minimum atomic E-state index is 0.621. The lowest BCUT2D eigenvalue weighted by molar-refractivity contribution is 0.892. The molecule has 0 aliphatic carbocycles. The molecule has 2 aromatic rings. The zero-order valence-corrected chi connectivity index (χ0v) is 12.7. The second-order valence-electron chi connectivity index (χ2n) is 5.21. The number of anilines is 4. The number of hydrogen-bond donors (Lipinski definition) is 1. The molecule has 0 spiro atoms. The quantitative estimate of drug-likeness (QED) is 0.927. The van der Waals surface area contributed by atoms with E-state index in [1.54, 1.807) is 0 Å². The zero-order chi connectivity index (χ0) is 14.8. The van der Waals surface area contributed by atoms with Gasteiger partial charge >= 0.3 is 0 Å². The van der Waals surface area contributed by atoms with Crippen molar-refractivity contribution in [2.45, 2.75) is 13.3 Å². The minimum absolute atomic E-state index is 0.621. The second-order valence-corrected chi connectivity index (χ2v) is 5.21. The molecule has 21 heavy (non-hydrogen) atoms. The van der Waals surface area contributed by atoms with E-state index in [1.165, 1.54) is 11.3 Å². The molecule has 2 heterocycles. The number of fused-ring (bicyclic) bond motifs is 1. The van der Waals surface area contributed by atoms with Crippen molar-refractivity contribution in [2.75, 3.05) is 42.3 Å². The third kappa shape index (κ3) is 2.61. The molecule has 0 fully saturated rings. The maximum absolute atomic E-state index is 4.59. The largest absolute Gasteiger partial charge is 0.354 e. The summed E-state index contributed by atoms with van der Waals surface area (Å²) >= 11 is 0. The lowest BCUT2D eigenvalue weighted by Gasteiger charge is -2.20. The van der Waals surface area contributed by atoms with E-state index in [4.69, 9.17) is 0 Å². The van der Waals surface area contributed by atoms with Gasteiger partial charge in [0, 0.05) is 32.9 Å². The van der Waals surface area contributed by atoms with E-state index in [1.807, 2.05) is 25.9 Å². The number of hydrogen-bond acceptors (Lipinski definition) is 6. The van der Waals surface area contributed by atoms with E-state index in [2.05, 4.69) is 49.4 Å². The Morgan fingerprint density at radius 1 is 1.19 bits per heavy atom. The first-order valence-electron chi connectivity index (χ1n) is 7.21. The maximum atomic E-state index is 4.59. The third-order valence-corrected chi connectivity index (χ3v) is 3.48. The minimum Gasteiger partial charge on any atom is -0.354 e. The molecule has 6 nitrogen and oxygen atoms in total. The molecule has 1 aliphatic rings. The lowest BCUT2D eigenvalue weighted by atomic mass is 10.2. The van der Waals surface area contributed by atoms with Gasteiger partial charge < -0.3 is 15.1 Å². The highest BCUT2D eigenvalue weighted by Gasteiger charge is 2.23. The van der Waals surface area contributed by atoms with Crippen LogP contribution in [0.3, 0.4) is 0 Å². The molecule has 6 heteroatoms. The van der Waals surface area contributed by atoms with Crippen LogP contribution in [0.15, 0.2) is 24.3 Å². The van der Waals surface area contributed by atoms with Gasteiger partial charge in [0.05, 0.1) is 0 Å². The van der Waals surface area contributed by atoms with Crippen molar-refractivity contribution < 1.29 is 0 Å². The van der Waals surface area contributed by atoms with Gasteiger partial charge in [-0.2, -0.15) is 15.0 Å². The fourth-order valence-electron chi connectivity index (χ4n) is 2.46. The first kappa shape index (κ1) is 13.6. The van der Waals surface area contributed by atoms with Crippen molar-refractivity contribution in [1.29, 1.82) is 0 Å². The van der Waals surface area contributed by atoms with Gasteiger partial charge in [0.2, 0.25) is 17.8 Å². The predicted octanol–water partition coefficient (Wildman–Crippen LogP) is 2.06. The normalized spacial score (nSPS) is 13.2. The summed E-state index contributed by atoms with van der Waals surface area (Å²) in [5.41, 5.74) is 2.53. The molecule has 1 aromatic carbocycles. The first-order valence-corrected chi connectivity index (χ1v) is 7.21.